The van der Waals surface area contributed by atoms with Gasteiger partial charge in [-0.3, -0.25) is 0 Å². The summed E-state index contributed by atoms with van der Waals surface area (Å²) >= 11 is 0. The lowest BCUT2D eigenvalue weighted by Gasteiger charge is -2.36. The number of benzene rings is 9. The number of rotatable bonds is 2. The second kappa shape index (κ2) is 10.9. The van der Waals surface area contributed by atoms with Gasteiger partial charge in [-0.15, -0.1) is 0 Å². The quantitative estimate of drug-likeness (QED) is 0.157. The molecule has 0 unspecified atom stereocenters. The highest BCUT2D eigenvalue weighted by atomic mass is 15.0. The van der Waals surface area contributed by atoms with Crippen LogP contribution in [-0.4, -0.2) is 15.8 Å². The van der Waals surface area contributed by atoms with Crippen LogP contribution in [-0.2, 0) is 5.41 Å². The molecule has 0 fully saturated rings. The molecule has 11 aromatic rings. The predicted octanol–water partition coefficient (Wildman–Crippen LogP) is 12.0. The lowest BCUT2D eigenvalue weighted by molar-refractivity contribution is 0.591. The standard InChI is InChI=1S/C54H37BN2/c1-54(2,3)32-28-41-39-30-47-51(35-20-10-12-26-45(35)56(47)33-16-6-4-7-17-33)37-22-14-24-43(49(37)39)55-44-25-15-23-38-50(44)40(42(29-32)53(41)55)31-48-52(38)36-21-11-13-27-46(36)57(48)34-18-8-5-9-19-34/h4-31H,1-3H3/i4D,5D,6D,7D,8D,9D,16D,17D,18D,19D. The van der Waals surface area contributed by atoms with Crippen molar-refractivity contribution in [2.75, 3.05) is 0 Å². The molecule has 2 aliphatic heterocycles. The van der Waals surface area contributed by atoms with Gasteiger partial charge in [0.15, 0.2) is 0 Å². The number of hydrogen-bond donors (Lipinski definition) is 0. The fourth-order valence-corrected chi connectivity index (χ4v) is 10.4. The van der Waals surface area contributed by atoms with Crippen LogP contribution in [0.2, 0.25) is 0 Å². The van der Waals surface area contributed by atoms with Gasteiger partial charge in [0, 0.05) is 32.9 Å². The summed E-state index contributed by atoms with van der Waals surface area (Å²) in [5.74, 6) is 0. The van der Waals surface area contributed by atoms with E-state index in [0.717, 1.165) is 109 Å². The molecular formula is C54H37BN2. The van der Waals surface area contributed by atoms with Crippen molar-refractivity contribution in [3.63, 3.8) is 0 Å². The van der Waals surface area contributed by atoms with Crippen LogP contribution in [0.3, 0.4) is 0 Å². The minimum absolute atomic E-state index is 0.0955. The van der Waals surface area contributed by atoms with E-state index in [9.17, 15) is 0 Å². The fraction of sp³-hybridized carbons (Fsp3) is 0.0741. The smallest absolute Gasteiger partial charge is 0.244 e. The summed E-state index contributed by atoms with van der Waals surface area (Å²) < 4.78 is 92.0. The molecule has 2 nitrogen and oxygen atoms in total. The van der Waals surface area contributed by atoms with E-state index in [1.807, 2.05) is 45.5 Å². The van der Waals surface area contributed by atoms with E-state index < -0.39 is 36.3 Å². The fourth-order valence-electron chi connectivity index (χ4n) is 10.4. The summed E-state index contributed by atoms with van der Waals surface area (Å²) in [4.78, 5) is 0. The SMILES string of the molecule is [2H]c1c([2H])c([2H])c(-n2c3ccccc3c3c4cccc5c4c(cc32)-c2cc(C(C)(C)C)cc3c2B5c2cccc4c2c-3cc2c4c3ccccc3n2-c2c([2H])c([2H])c([2H])c([2H])c2[2H])c([2H])c1[2H]. The highest BCUT2D eigenvalue weighted by molar-refractivity contribution is 7.01. The molecule has 2 aliphatic rings. The second-order valence-corrected chi connectivity index (χ2v) is 16.5. The Morgan fingerprint density at radius 2 is 0.877 bits per heavy atom. The largest absolute Gasteiger partial charge is 0.309 e. The van der Waals surface area contributed by atoms with Gasteiger partial charge in [0.05, 0.1) is 35.8 Å². The molecule has 0 aliphatic carbocycles. The third kappa shape index (κ3) is 4.01. The maximum atomic E-state index is 9.17. The summed E-state index contributed by atoms with van der Waals surface area (Å²) in [6, 6.07) is 34.2. The maximum Gasteiger partial charge on any atom is 0.244 e. The molecule has 3 heteroatoms. The van der Waals surface area contributed by atoms with E-state index in [4.69, 9.17) is 13.7 Å². The first kappa shape index (κ1) is 23.3. The van der Waals surface area contributed by atoms with Crippen LogP contribution in [0.1, 0.15) is 40.0 Å². The van der Waals surface area contributed by atoms with Gasteiger partial charge in [0.25, 0.3) is 0 Å². The minimum Gasteiger partial charge on any atom is -0.309 e. The normalized spacial score (nSPS) is 15.6. The highest BCUT2D eigenvalue weighted by Crippen LogP contribution is 2.47. The molecule has 0 bridgehead atoms. The molecule has 0 N–H and O–H groups in total. The lowest BCUT2D eigenvalue weighted by atomic mass is 9.31. The van der Waals surface area contributed by atoms with E-state index >= 15 is 0 Å². The average Bonchev–Trinajstić information content (AvgIpc) is 3.83. The summed E-state index contributed by atoms with van der Waals surface area (Å²) in [6.45, 7) is 6.44. The Bertz CT molecular complexity index is 3850. The molecular weight excluding hydrogens is 687 g/mol. The molecule has 57 heavy (non-hydrogen) atoms. The number of para-hydroxylation sites is 4. The highest BCUT2D eigenvalue weighted by Gasteiger charge is 2.40. The monoisotopic (exact) mass is 734 g/mol. The van der Waals surface area contributed by atoms with Crippen LogP contribution in [0.5, 0.6) is 0 Å². The van der Waals surface area contributed by atoms with Crippen molar-refractivity contribution in [2.24, 2.45) is 0 Å². The van der Waals surface area contributed by atoms with Crippen molar-refractivity contribution in [1.29, 1.82) is 0 Å². The molecule has 0 amide bonds. The molecule has 0 spiro atoms. The van der Waals surface area contributed by atoms with Crippen molar-refractivity contribution in [2.45, 2.75) is 26.2 Å². The summed E-state index contributed by atoms with van der Waals surface area (Å²) in [7, 11) is 0. The summed E-state index contributed by atoms with van der Waals surface area (Å²) in [5.41, 5.74) is 11.4. The molecule has 9 aromatic carbocycles. The number of fused-ring (bicyclic) bond motifs is 12. The van der Waals surface area contributed by atoms with Crippen LogP contribution in [0, 0.1) is 0 Å². The van der Waals surface area contributed by atoms with Crippen molar-refractivity contribution in [3.8, 4) is 33.6 Å². The Kier molecular flexibility index (Phi) is 4.46. The predicted molar refractivity (Wildman–Crippen MR) is 244 cm³/mol. The summed E-state index contributed by atoms with van der Waals surface area (Å²) in [5, 5.41) is 7.94. The number of nitrogens with zero attached hydrogens (tertiary/aromatic N) is 2. The second-order valence-electron chi connectivity index (χ2n) is 16.5. The van der Waals surface area contributed by atoms with Gasteiger partial charge in [0.2, 0.25) is 6.71 Å². The zero-order chi connectivity index (χ0) is 46.4. The van der Waals surface area contributed by atoms with Gasteiger partial charge in [-0.1, -0.05) is 158 Å². The topological polar surface area (TPSA) is 9.86 Å². The lowest BCUT2D eigenvalue weighted by Crippen LogP contribution is -2.57. The Hall–Kier alpha value is -6.84. The van der Waals surface area contributed by atoms with Crippen LogP contribution < -0.4 is 16.4 Å². The van der Waals surface area contributed by atoms with E-state index in [2.05, 4.69) is 93.6 Å². The van der Waals surface area contributed by atoms with Crippen molar-refractivity contribution >= 4 is 88.3 Å². The van der Waals surface area contributed by atoms with Crippen molar-refractivity contribution in [1.82, 2.24) is 9.13 Å². The maximum absolute atomic E-state index is 9.17. The first-order valence-corrected chi connectivity index (χ1v) is 19.4. The van der Waals surface area contributed by atoms with Crippen LogP contribution in [0.25, 0.3) is 98.8 Å². The van der Waals surface area contributed by atoms with Crippen LogP contribution in [0.4, 0.5) is 0 Å². The summed E-state index contributed by atoms with van der Waals surface area (Å²) in [6.07, 6.45) is 0. The Balaban J connectivity index is 1.22. The molecule has 0 atom stereocenters. The molecule has 0 saturated carbocycles. The zero-order valence-corrected chi connectivity index (χ0v) is 31.4. The third-order valence-corrected chi connectivity index (χ3v) is 12.6. The van der Waals surface area contributed by atoms with Crippen LogP contribution >= 0.6 is 0 Å². The van der Waals surface area contributed by atoms with Crippen molar-refractivity contribution < 1.29 is 13.7 Å². The molecule has 266 valence electrons. The molecule has 13 rings (SSSR count). The molecule has 0 radical (unpaired) electrons. The first-order valence-electron chi connectivity index (χ1n) is 24.4. The first-order chi connectivity index (χ1) is 32.1. The molecule has 4 heterocycles. The van der Waals surface area contributed by atoms with Gasteiger partial charge in [-0.25, -0.2) is 0 Å². The Labute approximate surface area is 345 Å². The van der Waals surface area contributed by atoms with E-state index in [0.29, 0.717) is 0 Å². The Morgan fingerprint density at radius 3 is 1.33 bits per heavy atom. The van der Waals surface area contributed by atoms with Gasteiger partial charge in [-0.05, 0) is 103 Å². The number of aromatic nitrogens is 2. The van der Waals surface area contributed by atoms with Gasteiger partial charge >= 0.3 is 0 Å². The number of hydrogen-bond acceptors (Lipinski definition) is 0. The average molecular weight is 735 g/mol. The third-order valence-electron chi connectivity index (χ3n) is 12.6. The van der Waals surface area contributed by atoms with Crippen molar-refractivity contribution in [3.05, 3.63) is 175 Å². The Morgan fingerprint density at radius 1 is 0.439 bits per heavy atom. The van der Waals surface area contributed by atoms with Crippen LogP contribution in [0.15, 0.2) is 170 Å². The minimum atomic E-state index is -0.442. The molecule has 0 saturated heterocycles. The van der Waals surface area contributed by atoms with Gasteiger partial charge < -0.3 is 9.13 Å². The van der Waals surface area contributed by atoms with Gasteiger partial charge in [-0.2, -0.15) is 0 Å². The van der Waals surface area contributed by atoms with E-state index in [1.54, 1.807) is 0 Å². The zero-order valence-electron chi connectivity index (χ0n) is 41.4. The molecule has 2 aromatic heterocycles. The van der Waals surface area contributed by atoms with E-state index in [1.165, 1.54) is 0 Å². The van der Waals surface area contributed by atoms with E-state index in [-0.39, 0.29) is 47.7 Å². The van der Waals surface area contributed by atoms with Gasteiger partial charge in [0.1, 0.15) is 0 Å².